The monoisotopic (exact) mass is 190 g/mol. The molecule has 0 aromatic rings. The molecule has 0 amide bonds. The van der Waals surface area contributed by atoms with Gasteiger partial charge in [0, 0.05) is 25.1 Å². The Balaban J connectivity index is 2.05. The summed E-state index contributed by atoms with van der Waals surface area (Å²) in [5.41, 5.74) is 0. The van der Waals surface area contributed by atoms with E-state index < -0.39 is 0 Å². The minimum Gasteiger partial charge on any atom is -0.396 e. The van der Waals surface area contributed by atoms with Crippen LogP contribution in [0.15, 0.2) is 0 Å². The molecule has 1 heterocycles. The van der Waals surface area contributed by atoms with Gasteiger partial charge in [-0.25, -0.2) is 0 Å². The molecule has 1 unspecified atom stereocenters. The third-order valence-electron chi connectivity index (χ3n) is 2.10. The number of thioether (sulfide) groups is 1. The highest BCUT2D eigenvalue weighted by Crippen LogP contribution is 2.23. The zero-order valence-electron chi connectivity index (χ0n) is 7.66. The normalized spacial score (nSPS) is 22.5. The van der Waals surface area contributed by atoms with E-state index in [0.717, 1.165) is 24.2 Å². The number of ether oxygens (including phenoxy) is 1. The molecular weight excluding hydrogens is 172 g/mol. The number of aliphatic hydroxyl groups excluding tert-OH is 1. The maximum Gasteiger partial charge on any atom is 0.0476 e. The van der Waals surface area contributed by atoms with Crippen molar-refractivity contribution in [3.05, 3.63) is 0 Å². The first kappa shape index (κ1) is 10.4. The molecule has 12 heavy (non-hydrogen) atoms. The van der Waals surface area contributed by atoms with Crippen LogP contribution >= 0.6 is 11.8 Å². The molecule has 0 spiro atoms. The van der Waals surface area contributed by atoms with E-state index in [2.05, 4.69) is 6.92 Å². The van der Waals surface area contributed by atoms with Crippen LogP contribution in [0.1, 0.15) is 19.8 Å². The quantitative estimate of drug-likeness (QED) is 0.729. The van der Waals surface area contributed by atoms with Crippen LogP contribution in [0.2, 0.25) is 0 Å². The van der Waals surface area contributed by atoms with E-state index in [1.807, 2.05) is 11.8 Å². The molecule has 72 valence electrons. The summed E-state index contributed by atoms with van der Waals surface area (Å²) in [5, 5.41) is 9.60. The van der Waals surface area contributed by atoms with E-state index >= 15 is 0 Å². The average Bonchev–Trinajstić information content (AvgIpc) is 2.16. The van der Waals surface area contributed by atoms with Crippen molar-refractivity contribution in [2.45, 2.75) is 25.0 Å². The topological polar surface area (TPSA) is 29.5 Å². The number of hydrogen-bond acceptors (Lipinski definition) is 3. The first-order chi connectivity index (χ1) is 5.83. The molecule has 0 bridgehead atoms. The second-order valence-corrected chi connectivity index (χ2v) is 4.77. The van der Waals surface area contributed by atoms with E-state index in [4.69, 9.17) is 9.84 Å². The zero-order chi connectivity index (χ0) is 8.81. The Morgan fingerprint density at radius 3 is 2.75 bits per heavy atom. The van der Waals surface area contributed by atoms with E-state index in [1.54, 1.807) is 0 Å². The predicted molar refractivity (Wildman–Crippen MR) is 52.5 cm³/mol. The van der Waals surface area contributed by atoms with Gasteiger partial charge < -0.3 is 9.84 Å². The molecule has 0 saturated carbocycles. The summed E-state index contributed by atoms with van der Waals surface area (Å²) < 4.78 is 5.27. The third kappa shape index (κ3) is 3.78. The van der Waals surface area contributed by atoms with Gasteiger partial charge in [-0.1, -0.05) is 6.92 Å². The fraction of sp³-hybridized carbons (Fsp3) is 1.00. The summed E-state index contributed by atoms with van der Waals surface area (Å²) >= 11 is 1.99. The molecule has 0 radical (unpaired) electrons. The second-order valence-electron chi connectivity index (χ2n) is 3.43. The highest BCUT2D eigenvalue weighted by Gasteiger charge is 2.14. The Hall–Kier alpha value is 0.270. The van der Waals surface area contributed by atoms with Crippen LogP contribution in [0.4, 0.5) is 0 Å². The highest BCUT2D eigenvalue weighted by molar-refractivity contribution is 7.99. The SMILES string of the molecule is CC(CO)CSC1CCOCC1. The summed E-state index contributed by atoms with van der Waals surface area (Å²) in [5.74, 6) is 1.53. The lowest BCUT2D eigenvalue weighted by Gasteiger charge is -2.22. The number of aliphatic hydroxyl groups is 1. The van der Waals surface area contributed by atoms with Crippen molar-refractivity contribution in [1.29, 1.82) is 0 Å². The van der Waals surface area contributed by atoms with Gasteiger partial charge in [0.25, 0.3) is 0 Å². The molecule has 1 saturated heterocycles. The summed E-state index contributed by atoms with van der Waals surface area (Å²) in [6, 6.07) is 0. The Bertz CT molecular complexity index is 113. The van der Waals surface area contributed by atoms with Gasteiger partial charge in [-0.05, 0) is 24.5 Å². The van der Waals surface area contributed by atoms with Gasteiger partial charge >= 0.3 is 0 Å². The molecule has 2 nitrogen and oxygen atoms in total. The first-order valence-electron chi connectivity index (χ1n) is 4.63. The van der Waals surface area contributed by atoms with E-state index in [-0.39, 0.29) is 0 Å². The smallest absolute Gasteiger partial charge is 0.0476 e. The molecule has 1 aliphatic rings. The van der Waals surface area contributed by atoms with Gasteiger partial charge in [0.2, 0.25) is 0 Å². The maximum atomic E-state index is 8.83. The largest absolute Gasteiger partial charge is 0.396 e. The average molecular weight is 190 g/mol. The highest BCUT2D eigenvalue weighted by atomic mass is 32.2. The number of hydrogen-bond donors (Lipinski definition) is 1. The minimum absolute atomic E-state index is 0.316. The molecule has 0 aromatic carbocycles. The Morgan fingerprint density at radius 2 is 2.17 bits per heavy atom. The van der Waals surface area contributed by atoms with Crippen LogP contribution in [-0.4, -0.2) is 35.9 Å². The van der Waals surface area contributed by atoms with Crippen LogP contribution in [0.3, 0.4) is 0 Å². The molecule has 0 aromatic heterocycles. The molecule has 1 aliphatic heterocycles. The van der Waals surface area contributed by atoms with Crippen molar-refractivity contribution in [3.63, 3.8) is 0 Å². The van der Waals surface area contributed by atoms with Crippen LogP contribution < -0.4 is 0 Å². The van der Waals surface area contributed by atoms with Crippen molar-refractivity contribution >= 4 is 11.8 Å². The number of rotatable bonds is 4. The van der Waals surface area contributed by atoms with Crippen LogP contribution in [0.5, 0.6) is 0 Å². The van der Waals surface area contributed by atoms with Crippen LogP contribution in [0.25, 0.3) is 0 Å². The van der Waals surface area contributed by atoms with Crippen molar-refractivity contribution in [2.24, 2.45) is 5.92 Å². The lowest BCUT2D eigenvalue weighted by atomic mass is 10.2. The minimum atomic E-state index is 0.316. The fourth-order valence-electron chi connectivity index (χ4n) is 1.20. The molecule has 1 rings (SSSR count). The van der Waals surface area contributed by atoms with E-state index in [9.17, 15) is 0 Å². The van der Waals surface area contributed by atoms with Gasteiger partial charge in [-0.15, -0.1) is 0 Å². The second kappa shape index (κ2) is 5.84. The van der Waals surface area contributed by atoms with Gasteiger partial charge in [-0.2, -0.15) is 11.8 Å². The molecule has 1 atom stereocenters. The summed E-state index contributed by atoms with van der Waals surface area (Å²) in [6.45, 7) is 4.25. The maximum absolute atomic E-state index is 8.83. The summed E-state index contributed by atoms with van der Waals surface area (Å²) in [7, 11) is 0. The standard InChI is InChI=1S/C9H18O2S/c1-8(6-10)7-12-9-2-4-11-5-3-9/h8-10H,2-7H2,1H3. The van der Waals surface area contributed by atoms with Gasteiger partial charge in [0.15, 0.2) is 0 Å². The Labute approximate surface area is 78.7 Å². The van der Waals surface area contributed by atoms with Crippen LogP contribution in [-0.2, 0) is 4.74 Å². The summed E-state index contributed by atoms with van der Waals surface area (Å²) in [6.07, 6.45) is 2.37. The van der Waals surface area contributed by atoms with Gasteiger partial charge in [0.05, 0.1) is 0 Å². The van der Waals surface area contributed by atoms with Crippen molar-refractivity contribution in [2.75, 3.05) is 25.6 Å². The van der Waals surface area contributed by atoms with Crippen molar-refractivity contribution in [3.8, 4) is 0 Å². The lowest BCUT2D eigenvalue weighted by Crippen LogP contribution is -2.19. The van der Waals surface area contributed by atoms with Gasteiger partial charge in [0.1, 0.15) is 0 Å². The van der Waals surface area contributed by atoms with Gasteiger partial charge in [-0.3, -0.25) is 0 Å². The Morgan fingerprint density at radius 1 is 1.50 bits per heavy atom. The zero-order valence-corrected chi connectivity index (χ0v) is 8.48. The molecular formula is C9H18O2S. The summed E-state index contributed by atoms with van der Waals surface area (Å²) in [4.78, 5) is 0. The van der Waals surface area contributed by atoms with Crippen molar-refractivity contribution < 1.29 is 9.84 Å². The first-order valence-corrected chi connectivity index (χ1v) is 5.68. The molecule has 1 fully saturated rings. The fourth-order valence-corrected chi connectivity index (χ4v) is 2.43. The van der Waals surface area contributed by atoms with Crippen molar-refractivity contribution in [1.82, 2.24) is 0 Å². The third-order valence-corrected chi connectivity index (χ3v) is 3.80. The lowest BCUT2D eigenvalue weighted by molar-refractivity contribution is 0.0999. The van der Waals surface area contributed by atoms with Crippen LogP contribution in [0, 0.1) is 5.92 Å². The molecule has 3 heteroatoms. The Kier molecular flexibility index (Phi) is 5.04. The molecule has 0 aliphatic carbocycles. The molecule has 1 N–H and O–H groups in total. The van der Waals surface area contributed by atoms with E-state index in [0.29, 0.717) is 12.5 Å². The predicted octanol–water partition coefficient (Wildman–Crippen LogP) is 1.53. The van der Waals surface area contributed by atoms with E-state index in [1.165, 1.54) is 12.8 Å².